The Hall–Kier alpha value is -1.36. The summed E-state index contributed by atoms with van der Waals surface area (Å²) >= 11 is 0. The maximum absolute atomic E-state index is 9.55. The first-order valence-electron chi connectivity index (χ1n) is 8.69. The molecular formula is C18H27NO4. The van der Waals surface area contributed by atoms with Crippen LogP contribution in [0.3, 0.4) is 0 Å². The van der Waals surface area contributed by atoms with E-state index in [1.54, 1.807) is 32.1 Å². The highest BCUT2D eigenvalue weighted by Gasteiger charge is 2.63. The SMILES string of the molecule is CC12CC3CC(CC(C3)C13CCNC3)C2.O=C(O)/C=C\C(=O)O. The van der Waals surface area contributed by atoms with Gasteiger partial charge in [0.1, 0.15) is 0 Å². The topological polar surface area (TPSA) is 86.6 Å². The van der Waals surface area contributed by atoms with Crippen LogP contribution in [0.5, 0.6) is 0 Å². The molecule has 5 rings (SSSR count). The Labute approximate surface area is 137 Å². The summed E-state index contributed by atoms with van der Waals surface area (Å²) < 4.78 is 0. The van der Waals surface area contributed by atoms with Crippen LogP contribution in [0.1, 0.15) is 45.4 Å². The number of carboxylic acid groups (broad SMARTS) is 2. The minimum Gasteiger partial charge on any atom is -0.478 e. The van der Waals surface area contributed by atoms with E-state index in [0.717, 1.165) is 23.2 Å². The highest BCUT2D eigenvalue weighted by molar-refractivity contribution is 5.89. The van der Waals surface area contributed by atoms with Crippen molar-refractivity contribution in [2.45, 2.75) is 45.4 Å². The van der Waals surface area contributed by atoms with Gasteiger partial charge in [0.25, 0.3) is 0 Å². The third-order valence-corrected chi connectivity index (χ3v) is 6.92. The fourth-order valence-electron chi connectivity index (χ4n) is 6.32. The third kappa shape index (κ3) is 2.91. The van der Waals surface area contributed by atoms with Crippen molar-refractivity contribution in [2.75, 3.05) is 13.1 Å². The van der Waals surface area contributed by atoms with Crippen LogP contribution in [-0.2, 0) is 9.59 Å². The summed E-state index contributed by atoms with van der Waals surface area (Å²) in [5.41, 5.74) is 1.44. The summed E-state index contributed by atoms with van der Waals surface area (Å²) in [6, 6.07) is 0. The van der Waals surface area contributed by atoms with E-state index in [-0.39, 0.29) is 0 Å². The van der Waals surface area contributed by atoms with Crippen LogP contribution in [0.15, 0.2) is 12.2 Å². The lowest BCUT2D eigenvalue weighted by Gasteiger charge is -2.66. The number of rotatable bonds is 2. The third-order valence-electron chi connectivity index (χ3n) is 6.92. The Kier molecular flexibility index (Phi) is 4.25. The first kappa shape index (κ1) is 16.5. The first-order valence-corrected chi connectivity index (χ1v) is 8.69. The second-order valence-electron chi connectivity index (χ2n) is 8.20. The van der Waals surface area contributed by atoms with Gasteiger partial charge in [0.15, 0.2) is 0 Å². The van der Waals surface area contributed by atoms with E-state index in [4.69, 9.17) is 10.2 Å². The van der Waals surface area contributed by atoms with Crippen molar-refractivity contribution < 1.29 is 19.8 Å². The van der Waals surface area contributed by atoms with Crippen molar-refractivity contribution in [3.8, 4) is 0 Å². The smallest absolute Gasteiger partial charge is 0.328 e. The Morgan fingerprint density at radius 3 is 2.00 bits per heavy atom. The van der Waals surface area contributed by atoms with Crippen molar-refractivity contribution >= 4 is 11.9 Å². The molecule has 0 aromatic rings. The van der Waals surface area contributed by atoms with Gasteiger partial charge in [0.05, 0.1) is 0 Å². The molecule has 3 N–H and O–H groups in total. The van der Waals surface area contributed by atoms with E-state index < -0.39 is 11.9 Å². The maximum atomic E-state index is 9.55. The molecule has 0 aromatic carbocycles. The zero-order chi connectivity index (χ0) is 16.7. The molecule has 3 atom stereocenters. The van der Waals surface area contributed by atoms with Gasteiger partial charge in [-0.1, -0.05) is 6.92 Å². The summed E-state index contributed by atoms with van der Waals surface area (Å²) in [6.45, 7) is 5.26. The first-order chi connectivity index (χ1) is 10.8. The molecule has 0 aromatic heterocycles. The molecule has 4 bridgehead atoms. The molecule has 3 unspecified atom stereocenters. The summed E-state index contributed by atoms with van der Waals surface area (Å²) in [5.74, 6) is 0.793. The number of carboxylic acids is 2. The maximum Gasteiger partial charge on any atom is 0.328 e. The number of aliphatic carboxylic acids is 2. The summed E-state index contributed by atoms with van der Waals surface area (Å²) in [6.07, 6.45) is 10.4. The van der Waals surface area contributed by atoms with Gasteiger partial charge in [-0.15, -0.1) is 0 Å². The predicted octanol–water partition coefficient (Wildman–Crippen LogP) is 2.52. The molecule has 1 saturated heterocycles. The van der Waals surface area contributed by atoms with E-state index in [2.05, 4.69) is 12.2 Å². The second-order valence-corrected chi connectivity index (χ2v) is 8.20. The van der Waals surface area contributed by atoms with Gasteiger partial charge in [0.2, 0.25) is 0 Å². The molecule has 5 heteroatoms. The Morgan fingerprint density at radius 2 is 1.61 bits per heavy atom. The van der Waals surface area contributed by atoms with Gasteiger partial charge in [-0.2, -0.15) is 0 Å². The molecule has 1 aliphatic heterocycles. The van der Waals surface area contributed by atoms with E-state index in [1.807, 2.05) is 0 Å². The van der Waals surface area contributed by atoms with Crippen LogP contribution < -0.4 is 5.32 Å². The molecule has 128 valence electrons. The second kappa shape index (κ2) is 5.93. The number of hydrogen-bond donors (Lipinski definition) is 3. The largest absolute Gasteiger partial charge is 0.478 e. The van der Waals surface area contributed by atoms with Gasteiger partial charge in [-0.05, 0) is 73.7 Å². The number of nitrogens with one attached hydrogen (secondary N) is 1. The standard InChI is InChI=1S/C14H23N.C4H4O4/c1-13-7-10-4-11(8-13)6-12(5-10)14(13)2-3-15-9-14;5-3(6)1-2-4(7)8/h10-12,15H,2-9H2,1H3;1-2H,(H,5,6)(H,7,8)/b;2-1-. The fraction of sp³-hybridized carbons (Fsp3) is 0.778. The number of hydrogen-bond acceptors (Lipinski definition) is 3. The molecule has 0 amide bonds. The van der Waals surface area contributed by atoms with E-state index >= 15 is 0 Å². The lowest BCUT2D eigenvalue weighted by Crippen LogP contribution is -2.59. The fourth-order valence-corrected chi connectivity index (χ4v) is 6.32. The van der Waals surface area contributed by atoms with E-state index in [1.165, 1.54) is 19.5 Å². The Morgan fingerprint density at radius 1 is 1.04 bits per heavy atom. The molecule has 5 fully saturated rings. The molecule has 23 heavy (non-hydrogen) atoms. The van der Waals surface area contributed by atoms with Crippen molar-refractivity contribution in [3.63, 3.8) is 0 Å². The van der Waals surface area contributed by atoms with Crippen LogP contribution in [0, 0.1) is 28.6 Å². The van der Waals surface area contributed by atoms with Gasteiger partial charge in [-0.25, -0.2) is 9.59 Å². The van der Waals surface area contributed by atoms with Crippen LogP contribution >= 0.6 is 0 Å². The molecule has 5 nitrogen and oxygen atoms in total. The van der Waals surface area contributed by atoms with Crippen LogP contribution in [0.25, 0.3) is 0 Å². The normalized spacial score (nSPS) is 43.6. The van der Waals surface area contributed by atoms with Crippen LogP contribution in [0.4, 0.5) is 0 Å². The van der Waals surface area contributed by atoms with Crippen molar-refractivity contribution in [3.05, 3.63) is 12.2 Å². The van der Waals surface area contributed by atoms with Crippen molar-refractivity contribution in [1.82, 2.24) is 5.32 Å². The average Bonchev–Trinajstić information content (AvgIpc) is 2.94. The summed E-state index contributed by atoms with van der Waals surface area (Å²) in [4.78, 5) is 19.1. The average molecular weight is 321 g/mol. The van der Waals surface area contributed by atoms with Crippen LogP contribution in [0.2, 0.25) is 0 Å². The minimum atomic E-state index is -1.26. The lowest BCUT2D eigenvalue weighted by atomic mass is 9.39. The molecule has 1 heterocycles. The molecule has 4 saturated carbocycles. The van der Waals surface area contributed by atoms with E-state index in [0.29, 0.717) is 17.6 Å². The number of carbonyl (C=O) groups is 2. The molecule has 0 radical (unpaired) electrons. The lowest BCUT2D eigenvalue weighted by molar-refractivity contribution is -0.158. The predicted molar refractivity (Wildman–Crippen MR) is 86.0 cm³/mol. The van der Waals surface area contributed by atoms with Gasteiger partial charge < -0.3 is 15.5 Å². The summed E-state index contributed by atoms with van der Waals surface area (Å²) in [5, 5.41) is 19.3. The zero-order valence-corrected chi connectivity index (χ0v) is 13.8. The Balaban J connectivity index is 0.000000170. The van der Waals surface area contributed by atoms with Gasteiger partial charge >= 0.3 is 11.9 Å². The molecule has 5 aliphatic rings. The monoisotopic (exact) mass is 321 g/mol. The summed E-state index contributed by atoms with van der Waals surface area (Å²) in [7, 11) is 0. The minimum absolute atomic E-state index is 0.558. The Bertz CT molecular complexity index is 491. The van der Waals surface area contributed by atoms with Crippen LogP contribution in [-0.4, -0.2) is 35.2 Å². The van der Waals surface area contributed by atoms with Crippen molar-refractivity contribution in [2.24, 2.45) is 28.6 Å². The zero-order valence-electron chi connectivity index (χ0n) is 13.8. The van der Waals surface area contributed by atoms with Crippen molar-refractivity contribution in [1.29, 1.82) is 0 Å². The molecule has 1 spiro atoms. The highest BCUT2D eigenvalue weighted by Crippen LogP contribution is 2.69. The van der Waals surface area contributed by atoms with Gasteiger partial charge in [0, 0.05) is 18.7 Å². The van der Waals surface area contributed by atoms with Gasteiger partial charge in [-0.3, -0.25) is 0 Å². The quantitative estimate of drug-likeness (QED) is 0.680. The molecule has 4 aliphatic carbocycles. The molecular weight excluding hydrogens is 294 g/mol. The highest BCUT2D eigenvalue weighted by atomic mass is 16.4. The van der Waals surface area contributed by atoms with E-state index in [9.17, 15) is 9.59 Å².